The minimum absolute atomic E-state index is 0.397. The zero-order chi connectivity index (χ0) is 18.4. The fourth-order valence-corrected chi connectivity index (χ4v) is 4.60. The lowest BCUT2D eigenvalue weighted by atomic mass is 10.1. The van der Waals surface area contributed by atoms with Gasteiger partial charge in [0.15, 0.2) is 0 Å². The Morgan fingerprint density at radius 1 is 1.19 bits per heavy atom. The lowest BCUT2D eigenvalue weighted by Crippen LogP contribution is -2.36. The number of hydrogen-bond donors (Lipinski definition) is 0. The molecular weight excluding hydrogens is 380 g/mol. The van der Waals surface area contributed by atoms with Crippen molar-refractivity contribution in [2.45, 2.75) is 25.8 Å². The zero-order valence-corrected chi connectivity index (χ0v) is 16.5. The Morgan fingerprint density at radius 2 is 2.04 bits per heavy atom. The van der Waals surface area contributed by atoms with E-state index in [4.69, 9.17) is 21.7 Å². The minimum Gasteiger partial charge on any atom is -0.345 e. The minimum atomic E-state index is 0.397. The second kappa shape index (κ2) is 6.65. The van der Waals surface area contributed by atoms with Crippen LogP contribution in [0.15, 0.2) is 42.9 Å². The number of aryl methyl sites for hydroxylation is 1. The Kier molecular flexibility index (Phi) is 4.13. The second-order valence-corrected chi connectivity index (χ2v) is 8.36. The lowest BCUT2D eigenvalue weighted by molar-refractivity contribution is 0.375. The maximum atomic E-state index is 5.97. The van der Waals surface area contributed by atoms with Crippen LogP contribution in [-0.4, -0.2) is 37.5 Å². The fraction of sp³-hybridized carbons (Fsp3) is 0.316. The number of hydrogen-bond acceptors (Lipinski definition) is 5. The predicted molar refractivity (Wildman–Crippen MR) is 109 cm³/mol. The molecule has 1 unspecified atom stereocenters. The van der Waals surface area contributed by atoms with Gasteiger partial charge in [0.05, 0.1) is 24.1 Å². The standard InChI is InChI=1S/C19H19ClN6S/c1-13-9-21-25(10-13)16-3-2-8-24(11-16)19-23-26-12-17(22-18(26)27-19)14-4-6-15(20)7-5-14/h4-7,9-10,12,16H,2-3,8,11H2,1H3. The van der Waals surface area contributed by atoms with Crippen LogP contribution in [0, 0.1) is 6.92 Å². The maximum Gasteiger partial charge on any atom is 0.214 e. The molecule has 27 heavy (non-hydrogen) atoms. The quantitative estimate of drug-likeness (QED) is 0.511. The molecular formula is C19H19ClN6S. The van der Waals surface area contributed by atoms with Gasteiger partial charge in [-0.3, -0.25) is 4.68 Å². The van der Waals surface area contributed by atoms with Gasteiger partial charge >= 0.3 is 0 Å². The molecule has 1 aromatic carbocycles. The van der Waals surface area contributed by atoms with Crippen molar-refractivity contribution >= 4 is 33.0 Å². The van der Waals surface area contributed by atoms with E-state index >= 15 is 0 Å². The van der Waals surface area contributed by atoms with Crippen molar-refractivity contribution in [3.63, 3.8) is 0 Å². The van der Waals surface area contributed by atoms with Crippen LogP contribution in [0.25, 0.3) is 16.2 Å². The normalized spacial score (nSPS) is 17.7. The Morgan fingerprint density at radius 3 is 2.78 bits per heavy atom. The van der Waals surface area contributed by atoms with Crippen LogP contribution in [0.1, 0.15) is 24.4 Å². The van der Waals surface area contributed by atoms with Crippen LogP contribution in [0.5, 0.6) is 0 Å². The van der Waals surface area contributed by atoms with Crippen molar-refractivity contribution in [2.75, 3.05) is 18.0 Å². The predicted octanol–water partition coefficient (Wildman–Crippen LogP) is 4.46. The number of rotatable bonds is 3. The summed E-state index contributed by atoms with van der Waals surface area (Å²) in [5, 5.41) is 11.0. The molecule has 0 saturated carbocycles. The van der Waals surface area contributed by atoms with Crippen molar-refractivity contribution in [3.8, 4) is 11.3 Å². The molecule has 6 nitrogen and oxygen atoms in total. The zero-order valence-electron chi connectivity index (χ0n) is 14.9. The summed E-state index contributed by atoms with van der Waals surface area (Å²) in [5.74, 6) is 0. The molecule has 1 atom stereocenters. The van der Waals surface area contributed by atoms with Crippen molar-refractivity contribution in [3.05, 3.63) is 53.4 Å². The summed E-state index contributed by atoms with van der Waals surface area (Å²) in [6, 6.07) is 8.13. The van der Waals surface area contributed by atoms with Gasteiger partial charge in [0, 0.05) is 29.9 Å². The highest BCUT2D eigenvalue weighted by Crippen LogP contribution is 2.31. The van der Waals surface area contributed by atoms with Gasteiger partial charge in [0.2, 0.25) is 10.1 Å². The molecule has 138 valence electrons. The topological polar surface area (TPSA) is 51.2 Å². The van der Waals surface area contributed by atoms with Crippen molar-refractivity contribution < 1.29 is 0 Å². The Labute approximate surface area is 166 Å². The highest BCUT2D eigenvalue weighted by atomic mass is 35.5. The van der Waals surface area contributed by atoms with E-state index < -0.39 is 0 Å². The van der Waals surface area contributed by atoms with Gasteiger partial charge in [-0.2, -0.15) is 5.10 Å². The molecule has 5 rings (SSSR count). The molecule has 8 heteroatoms. The van der Waals surface area contributed by atoms with Gasteiger partial charge in [-0.1, -0.05) is 35.1 Å². The van der Waals surface area contributed by atoms with Crippen LogP contribution in [0.3, 0.4) is 0 Å². The summed E-state index contributed by atoms with van der Waals surface area (Å²) in [6.45, 7) is 4.04. The molecule has 1 saturated heterocycles. The van der Waals surface area contributed by atoms with Crippen molar-refractivity contribution in [2.24, 2.45) is 0 Å². The number of imidazole rings is 1. The average molecular weight is 399 g/mol. The van der Waals surface area contributed by atoms with Crippen molar-refractivity contribution in [1.82, 2.24) is 24.4 Å². The van der Waals surface area contributed by atoms with Crippen LogP contribution >= 0.6 is 22.9 Å². The smallest absolute Gasteiger partial charge is 0.214 e. The van der Waals surface area contributed by atoms with Gasteiger partial charge in [-0.25, -0.2) is 9.50 Å². The van der Waals surface area contributed by atoms with Gasteiger partial charge < -0.3 is 4.90 Å². The van der Waals surface area contributed by atoms with E-state index in [-0.39, 0.29) is 0 Å². The number of aromatic nitrogens is 5. The van der Waals surface area contributed by atoms with E-state index in [0.717, 1.165) is 52.3 Å². The van der Waals surface area contributed by atoms with E-state index in [9.17, 15) is 0 Å². The SMILES string of the molecule is Cc1cnn(C2CCCN(c3nn4cc(-c5ccc(Cl)cc5)nc4s3)C2)c1. The van der Waals surface area contributed by atoms with E-state index in [2.05, 4.69) is 27.8 Å². The highest BCUT2D eigenvalue weighted by Gasteiger charge is 2.24. The van der Waals surface area contributed by atoms with E-state index in [1.165, 1.54) is 5.56 Å². The molecule has 0 radical (unpaired) electrons. The molecule has 0 amide bonds. The first kappa shape index (κ1) is 16.8. The first-order valence-electron chi connectivity index (χ1n) is 9.03. The molecule has 0 aliphatic carbocycles. The van der Waals surface area contributed by atoms with Crippen LogP contribution < -0.4 is 4.90 Å². The number of fused-ring (bicyclic) bond motifs is 1. The van der Waals surface area contributed by atoms with Crippen LogP contribution in [0.2, 0.25) is 5.02 Å². The first-order chi connectivity index (χ1) is 13.2. The number of benzene rings is 1. The highest BCUT2D eigenvalue weighted by molar-refractivity contribution is 7.20. The molecule has 3 aromatic heterocycles. The first-order valence-corrected chi connectivity index (χ1v) is 10.2. The largest absolute Gasteiger partial charge is 0.345 e. The summed E-state index contributed by atoms with van der Waals surface area (Å²) in [6.07, 6.45) is 8.33. The summed E-state index contributed by atoms with van der Waals surface area (Å²) in [5.41, 5.74) is 3.17. The van der Waals surface area contributed by atoms with Gasteiger partial charge in [-0.15, -0.1) is 5.10 Å². The fourth-order valence-electron chi connectivity index (χ4n) is 3.55. The molecule has 1 aliphatic heterocycles. The summed E-state index contributed by atoms with van der Waals surface area (Å²) in [4.78, 5) is 8.00. The van der Waals surface area contributed by atoms with E-state index in [0.29, 0.717) is 6.04 Å². The van der Waals surface area contributed by atoms with Gasteiger partial charge in [0.1, 0.15) is 0 Å². The Balaban J connectivity index is 1.38. The Hall–Kier alpha value is -2.38. The molecule has 4 heterocycles. The molecule has 0 spiro atoms. The summed E-state index contributed by atoms with van der Waals surface area (Å²) < 4.78 is 3.98. The van der Waals surface area contributed by atoms with E-state index in [1.54, 1.807) is 11.3 Å². The lowest BCUT2D eigenvalue weighted by Gasteiger charge is -2.32. The molecule has 4 aromatic rings. The van der Waals surface area contributed by atoms with Gasteiger partial charge in [-0.05, 0) is 37.5 Å². The second-order valence-electron chi connectivity index (χ2n) is 6.98. The van der Waals surface area contributed by atoms with Crippen molar-refractivity contribution in [1.29, 1.82) is 0 Å². The summed E-state index contributed by atoms with van der Waals surface area (Å²) >= 11 is 7.61. The van der Waals surface area contributed by atoms with Crippen LogP contribution in [0.4, 0.5) is 5.13 Å². The average Bonchev–Trinajstić information content (AvgIpc) is 3.37. The molecule has 1 fully saturated rings. The monoisotopic (exact) mass is 398 g/mol. The third-order valence-corrected chi connectivity index (χ3v) is 6.18. The molecule has 0 bridgehead atoms. The van der Waals surface area contributed by atoms with E-state index in [1.807, 2.05) is 41.2 Å². The molecule has 1 aliphatic rings. The van der Waals surface area contributed by atoms with Crippen LogP contribution in [-0.2, 0) is 0 Å². The number of piperidine rings is 1. The maximum absolute atomic E-state index is 5.97. The van der Waals surface area contributed by atoms with Gasteiger partial charge in [0.25, 0.3) is 0 Å². The number of halogens is 1. The number of anilines is 1. The third-order valence-electron chi connectivity index (χ3n) is 4.94. The number of nitrogens with zero attached hydrogens (tertiary/aromatic N) is 6. The summed E-state index contributed by atoms with van der Waals surface area (Å²) in [7, 11) is 0. The Bertz CT molecular complexity index is 1050. The molecule has 0 N–H and O–H groups in total. The third kappa shape index (κ3) is 3.21.